The summed E-state index contributed by atoms with van der Waals surface area (Å²) in [6, 6.07) is 24.8. The molecule has 11 aromatic heterocycles. The molecule has 18 nitrogen and oxygen atoms in total. The number of aromatic nitrogens is 12. The van der Waals surface area contributed by atoms with Crippen LogP contribution in [-0.4, -0.2) is 66.4 Å². The third kappa shape index (κ3) is 8.60. The molecule has 63 heavy (non-hydrogen) atoms. The molecule has 0 unspecified atom stereocenters. The van der Waals surface area contributed by atoms with Crippen LogP contribution in [0.3, 0.4) is 0 Å². The number of H-pyrrole nitrogens is 3. The van der Waals surface area contributed by atoms with E-state index in [-0.39, 0.29) is 11.5 Å². The molecule has 11 rings (SSSR count). The molecule has 0 fully saturated rings. The average molecular weight is 855 g/mol. The maximum Gasteiger partial charge on any atom is 0.325 e. The molecule has 7 N–H and O–H groups in total. The Morgan fingerprint density at radius 1 is 0.667 bits per heavy atom. The van der Waals surface area contributed by atoms with Crippen LogP contribution in [0.25, 0.3) is 89.4 Å². The fourth-order valence-electron chi connectivity index (χ4n) is 6.48. The first-order valence-electron chi connectivity index (χ1n) is 19.2. The molecule has 0 aromatic carbocycles. The summed E-state index contributed by atoms with van der Waals surface area (Å²) in [6.45, 7) is 2.44. The molecule has 0 saturated heterocycles. The van der Waals surface area contributed by atoms with Gasteiger partial charge in [-0.1, -0.05) is 6.07 Å². The van der Waals surface area contributed by atoms with Gasteiger partial charge in [-0.15, -0.1) is 11.3 Å². The Morgan fingerprint density at radius 3 is 1.95 bits per heavy atom. The molecule has 0 saturated carbocycles. The van der Waals surface area contributed by atoms with Gasteiger partial charge in [-0.05, 0) is 90.7 Å². The summed E-state index contributed by atoms with van der Waals surface area (Å²) in [5, 5.41) is 2.01. The third-order valence-corrected chi connectivity index (χ3v) is 10.2. The van der Waals surface area contributed by atoms with E-state index in [9.17, 15) is 4.79 Å². The van der Waals surface area contributed by atoms with Crippen molar-refractivity contribution in [1.82, 2.24) is 59.8 Å². The fraction of sp³-hybridized carbons (Fsp3) is 0.0455. The predicted molar refractivity (Wildman–Crippen MR) is 239 cm³/mol. The molecule has 0 spiro atoms. The SMILES string of the molecule is CCOc1nc2nc(-c3ccco3)c(-c3ccncn3)cc2[nH]1.Nc1cc(-c2ccncn2)c(-c2ccco2)nc1N.O=c1[nH]c2cc(-c3ccncc3)c(-c3cccs3)nc2[nH]1. The largest absolute Gasteiger partial charge is 0.465 e. The van der Waals surface area contributed by atoms with Gasteiger partial charge in [0.25, 0.3) is 6.01 Å². The van der Waals surface area contributed by atoms with Gasteiger partial charge >= 0.3 is 5.69 Å². The van der Waals surface area contributed by atoms with Crippen LogP contribution in [0, 0.1) is 0 Å². The summed E-state index contributed by atoms with van der Waals surface area (Å²) in [5.41, 5.74) is 21.5. The number of imidazole rings is 2. The normalized spacial score (nSPS) is 10.9. The number of ether oxygens (including phenoxy) is 1. The number of rotatable bonds is 8. The third-order valence-electron chi connectivity index (χ3n) is 9.29. The average Bonchev–Trinajstić information content (AvgIpc) is 4.19. The fourth-order valence-corrected chi connectivity index (χ4v) is 7.21. The molecule has 0 aliphatic rings. The standard InChI is InChI=1S/C16H13N5O2.C15H10N4OS.C13H11N5O/c1-2-22-16-19-12-8-10(11-5-6-17-9-18-11)14(20-15(12)21-16)13-4-3-7-23-13;20-15-17-11-8-10(9-3-5-16-6-4-9)13(18-14(11)19-15)12-2-1-7-21-12;14-9-6-8(10-3-4-16-7-17-10)12(18-13(9)15)11-2-1-5-19-11/h3-9H,2H2,1H3,(H,19,20,21);1-8H,(H2,17,18,19,20);1-7H,14H2,(H2,15,18). The summed E-state index contributed by atoms with van der Waals surface area (Å²) in [7, 11) is 0. The number of nitrogens with two attached hydrogens (primary N) is 2. The van der Waals surface area contributed by atoms with Crippen LogP contribution in [0.5, 0.6) is 6.01 Å². The first-order chi connectivity index (χ1) is 30.9. The Bertz CT molecular complexity index is 3280. The lowest BCUT2D eigenvalue weighted by atomic mass is 10.0. The van der Waals surface area contributed by atoms with E-state index in [0.29, 0.717) is 63.7 Å². The number of nitrogens with zero attached hydrogens (tertiary/aromatic N) is 9. The van der Waals surface area contributed by atoms with E-state index in [1.165, 1.54) is 12.7 Å². The Balaban J connectivity index is 0.000000121. The van der Waals surface area contributed by atoms with Crippen LogP contribution >= 0.6 is 11.3 Å². The minimum absolute atomic E-state index is 0.249. The second-order valence-electron chi connectivity index (χ2n) is 13.3. The van der Waals surface area contributed by atoms with E-state index in [1.54, 1.807) is 66.8 Å². The smallest absolute Gasteiger partial charge is 0.325 e. The van der Waals surface area contributed by atoms with Crippen molar-refractivity contribution in [3.63, 3.8) is 0 Å². The number of anilines is 2. The zero-order valence-corrected chi connectivity index (χ0v) is 33.9. The predicted octanol–water partition coefficient (Wildman–Crippen LogP) is 8.08. The van der Waals surface area contributed by atoms with Crippen molar-refractivity contribution in [3.8, 4) is 73.1 Å². The maximum absolute atomic E-state index is 11.5. The summed E-state index contributed by atoms with van der Waals surface area (Å²) < 4.78 is 16.3. The van der Waals surface area contributed by atoms with Gasteiger partial charge in [0.1, 0.15) is 29.9 Å². The topological polar surface area (TPSA) is 268 Å². The van der Waals surface area contributed by atoms with Crippen LogP contribution in [0.1, 0.15) is 6.92 Å². The number of fused-ring (bicyclic) bond motifs is 2. The lowest BCUT2D eigenvalue weighted by Crippen LogP contribution is -2.01. The van der Waals surface area contributed by atoms with Crippen molar-refractivity contribution < 1.29 is 13.6 Å². The Labute approximate surface area is 360 Å². The second kappa shape index (κ2) is 17.8. The van der Waals surface area contributed by atoms with Crippen molar-refractivity contribution in [3.05, 3.63) is 145 Å². The molecule has 0 amide bonds. The Kier molecular flexibility index (Phi) is 11.2. The van der Waals surface area contributed by atoms with Crippen molar-refractivity contribution in [2.75, 3.05) is 18.1 Å². The van der Waals surface area contributed by atoms with Crippen LogP contribution in [0.2, 0.25) is 0 Å². The first-order valence-corrected chi connectivity index (χ1v) is 20.1. The lowest BCUT2D eigenvalue weighted by Gasteiger charge is -2.09. The summed E-state index contributed by atoms with van der Waals surface area (Å²) in [4.78, 5) is 59.4. The van der Waals surface area contributed by atoms with Gasteiger partial charge in [0.15, 0.2) is 22.8 Å². The number of nitrogens with one attached hydrogen (secondary N) is 3. The Morgan fingerprint density at radius 2 is 1.33 bits per heavy atom. The molecule has 0 atom stereocenters. The van der Waals surface area contributed by atoms with Gasteiger partial charge in [0, 0.05) is 41.5 Å². The molecule has 11 aromatic rings. The van der Waals surface area contributed by atoms with Crippen LogP contribution in [0.4, 0.5) is 11.5 Å². The molecule has 11 heterocycles. The molecule has 0 bridgehead atoms. The van der Waals surface area contributed by atoms with Gasteiger partial charge in [0.05, 0.1) is 57.8 Å². The number of hydrogen-bond donors (Lipinski definition) is 5. The van der Waals surface area contributed by atoms with Gasteiger partial charge in [0.2, 0.25) is 0 Å². The summed E-state index contributed by atoms with van der Waals surface area (Å²) in [6.07, 6.45) is 13.0. The zero-order chi connectivity index (χ0) is 43.1. The van der Waals surface area contributed by atoms with E-state index < -0.39 is 0 Å². The van der Waals surface area contributed by atoms with Crippen molar-refractivity contribution in [2.24, 2.45) is 0 Å². The quantitative estimate of drug-likeness (QED) is 0.0966. The number of hydrogen-bond acceptors (Lipinski definition) is 16. The van der Waals surface area contributed by atoms with E-state index in [1.807, 2.05) is 73.0 Å². The second-order valence-corrected chi connectivity index (χ2v) is 14.3. The molecular formula is C44H34N14O4S. The van der Waals surface area contributed by atoms with Gasteiger partial charge in [-0.3, -0.25) is 9.97 Å². The van der Waals surface area contributed by atoms with E-state index in [4.69, 9.17) is 25.0 Å². The van der Waals surface area contributed by atoms with Gasteiger partial charge < -0.3 is 35.0 Å². The first kappa shape index (κ1) is 39.6. The van der Waals surface area contributed by atoms with Crippen LogP contribution in [-0.2, 0) is 0 Å². The van der Waals surface area contributed by atoms with Crippen molar-refractivity contribution in [1.29, 1.82) is 0 Å². The Hall–Kier alpha value is -8.84. The monoisotopic (exact) mass is 854 g/mol. The van der Waals surface area contributed by atoms with Crippen molar-refractivity contribution >= 4 is 45.2 Å². The molecule has 0 radical (unpaired) electrons. The highest BCUT2D eigenvalue weighted by atomic mass is 32.1. The lowest BCUT2D eigenvalue weighted by molar-refractivity contribution is 0.317. The van der Waals surface area contributed by atoms with E-state index in [0.717, 1.165) is 44.0 Å². The summed E-state index contributed by atoms with van der Waals surface area (Å²) in [5.74, 6) is 1.53. The number of aromatic amines is 3. The maximum atomic E-state index is 11.5. The van der Waals surface area contributed by atoms with E-state index >= 15 is 0 Å². The van der Waals surface area contributed by atoms with Gasteiger partial charge in [-0.25, -0.2) is 39.7 Å². The minimum Gasteiger partial charge on any atom is -0.465 e. The number of nitrogen functional groups attached to an aromatic ring is 2. The van der Waals surface area contributed by atoms with Gasteiger partial charge in [-0.2, -0.15) is 4.98 Å². The van der Waals surface area contributed by atoms with E-state index in [2.05, 4.69) is 59.8 Å². The molecule has 0 aliphatic carbocycles. The molecular weight excluding hydrogens is 821 g/mol. The van der Waals surface area contributed by atoms with Crippen LogP contribution < -0.4 is 21.9 Å². The number of furan rings is 2. The highest BCUT2D eigenvalue weighted by Crippen LogP contribution is 2.36. The number of pyridine rings is 4. The van der Waals surface area contributed by atoms with Crippen LogP contribution in [0.15, 0.2) is 148 Å². The molecule has 0 aliphatic heterocycles. The van der Waals surface area contributed by atoms with Crippen molar-refractivity contribution in [2.45, 2.75) is 6.92 Å². The minimum atomic E-state index is -0.249. The number of thiophene rings is 1. The highest BCUT2D eigenvalue weighted by molar-refractivity contribution is 7.13. The summed E-state index contributed by atoms with van der Waals surface area (Å²) >= 11 is 1.62. The highest BCUT2D eigenvalue weighted by Gasteiger charge is 2.18. The zero-order valence-electron chi connectivity index (χ0n) is 33.1. The molecule has 310 valence electrons. The molecule has 19 heteroatoms.